The highest BCUT2D eigenvalue weighted by molar-refractivity contribution is 5.15. The average Bonchev–Trinajstić information content (AvgIpc) is 2.84. The van der Waals surface area contributed by atoms with Gasteiger partial charge in [-0.1, -0.05) is 11.3 Å². The SMILES string of the molecule is COc1cccc(Cn2cc(CCCN)nn2)n1. The predicted octanol–water partition coefficient (Wildman–Crippen LogP) is 0.621. The fourth-order valence-electron chi connectivity index (χ4n) is 1.64. The first-order chi connectivity index (χ1) is 8.81. The zero-order valence-corrected chi connectivity index (χ0v) is 10.4. The molecule has 0 radical (unpaired) electrons. The van der Waals surface area contributed by atoms with Crippen LogP contribution in [0.1, 0.15) is 17.8 Å². The van der Waals surface area contributed by atoms with E-state index >= 15 is 0 Å². The molecule has 0 amide bonds. The maximum absolute atomic E-state index is 5.46. The van der Waals surface area contributed by atoms with Gasteiger partial charge in [0, 0.05) is 12.3 Å². The van der Waals surface area contributed by atoms with Crippen molar-refractivity contribution in [2.24, 2.45) is 5.73 Å². The van der Waals surface area contributed by atoms with Crippen LogP contribution in [0.3, 0.4) is 0 Å². The molecule has 0 aromatic carbocycles. The Kier molecular flexibility index (Phi) is 4.25. The molecule has 6 nitrogen and oxygen atoms in total. The molecule has 96 valence electrons. The van der Waals surface area contributed by atoms with E-state index in [2.05, 4.69) is 15.3 Å². The Morgan fingerprint density at radius 2 is 2.22 bits per heavy atom. The molecular formula is C12H17N5O. The van der Waals surface area contributed by atoms with Crippen molar-refractivity contribution in [2.45, 2.75) is 19.4 Å². The van der Waals surface area contributed by atoms with Crippen molar-refractivity contribution in [3.8, 4) is 5.88 Å². The van der Waals surface area contributed by atoms with Crippen LogP contribution in [-0.2, 0) is 13.0 Å². The Balaban J connectivity index is 2.01. The first-order valence-electron chi connectivity index (χ1n) is 5.91. The Labute approximate surface area is 106 Å². The third-order valence-corrected chi connectivity index (χ3v) is 2.54. The topological polar surface area (TPSA) is 78.9 Å². The number of rotatable bonds is 6. The van der Waals surface area contributed by atoms with Gasteiger partial charge in [-0.2, -0.15) is 0 Å². The summed E-state index contributed by atoms with van der Waals surface area (Å²) in [5.41, 5.74) is 7.31. The van der Waals surface area contributed by atoms with Crippen molar-refractivity contribution in [1.29, 1.82) is 0 Å². The molecule has 0 saturated heterocycles. The van der Waals surface area contributed by atoms with Crippen LogP contribution in [0.15, 0.2) is 24.4 Å². The van der Waals surface area contributed by atoms with Gasteiger partial charge in [0.15, 0.2) is 0 Å². The van der Waals surface area contributed by atoms with E-state index in [1.165, 1.54) is 0 Å². The van der Waals surface area contributed by atoms with E-state index in [9.17, 15) is 0 Å². The molecule has 0 saturated carbocycles. The van der Waals surface area contributed by atoms with Crippen molar-refractivity contribution >= 4 is 0 Å². The Morgan fingerprint density at radius 1 is 1.33 bits per heavy atom. The van der Waals surface area contributed by atoms with Crippen molar-refractivity contribution in [3.63, 3.8) is 0 Å². The number of aryl methyl sites for hydroxylation is 1. The first-order valence-corrected chi connectivity index (χ1v) is 5.91. The lowest BCUT2D eigenvalue weighted by Gasteiger charge is -2.02. The van der Waals surface area contributed by atoms with Gasteiger partial charge in [-0.15, -0.1) is 5.10 Å². The van der Waals surface area contributed by atoms with E-state index in [1.807, 2.05) is 24.4 Å². The molecule has 6 heteroatoms. The monoisotopic (exact) mass is 247 g/mol. The van der Waals surface area contributed by atoms with Crippen molar-refractivity contribution < 1.29 is 4.74 Å². The molecule has 2 N–H and O–H groups in total. The maximum Gasteiger partial charge on any atom is 0.213 e. The third kappa shape index (κ3) is 3.27. The number of nitrogens with two attached hydrogens (primary N) is 1. The lowest BCUT2D eigenvalue weighted by Crippen LogP contribution is -2.03. The maximum atomic E-state index is 5.46. The number of methoxy groups -OCH3 is 1. The summed E-state index contributed by atoms with van der Waals surface area (Å²) in [6.07, 6.45) is 3.72. The minimum Gasteiger partial charge on any atom is -0.481 e. The molecule has 0 aliphatic rings. The summed E-state index contributed by atoms with van der Waals surface area (Å²) in [6, 6.07) is 5.66. The standard InChI is InChI=1S/C12H17N5O/c1-18-12-6-2-4-10(14-12)8-17-9-11(15-16-17)5-3-7-13/h2,4,6,9H,3,5,7-8,13H2,1H3. The van der Waals surface area contributed by atoms with Gasteiger partial charge in [-0.25, -0.2) is 9.67 Å². The van der Waals surface area contributed by atoms with Gasteiger partial charge in [0.05, 0.1) is 25.0 Å². The van der Waals surface area contributed by atoms with E-state index in [0.717, 1.165) is 24.2 Å². The van der Waals surface area contributed by atoms with Gasteiger partial charge in [0.1, 0.15) is 0 Å². The van der Waals surface area contributed by atoms with Crippen LogP contribution in [0.2, 0.25) is 0 Å². The molecule has 0 atom stereocenters. The van der Waals surface area contributed by atoms with E-state index in [0.29, 0.717) is 19.0 Å². The zero-order valence-electron chi connectivity index (χ0n) is 10.4. The average molecular weight is 247 g/mol. The van der Waals surface area contributed by atoms with Crippen LogP contribution in [-0.4, -0.2) is 33.6 Å². The highest BCUT2D eigenvalue weighted by atomic mass is 16.5. The van der Waals surface area contributed by atoms with E-state index in [1.54, 1.807) is 11.8 Å². The summed E-state index contributed by atoms with van der Waals surface area (Å²) in [5.74, 6) is 0.607. The molecular weight excluding hydrogens is 230 g/mol. The van der Waals surface area contributed by atoms with Gasteiger partial charge in [-0.05, 0) is 25.5 Å². The van der Waals surface area contributed by atoms with Crippen LogP contribution < -0.4 is 10.5 Å². The van der Waals surface area contributed by atoms with E-state index in [4.69, 9.17) is 10.5 Å². The lowest BCUT2D eigenvalue weighted by atomic mass is 10.2. The number of pyridine rings is 1. The van der Waals surface area contributed by atoms with Crippen molar-refractivity contribution in [3.05, 3.63) is 35.8 Å². The first kappa shape index (κ1) is 12.5. The fourth-order valence-corrected chi connectivity index (χ4v) is 1.64. The normalized spacial score (nSPS) is 10.6. The highest BCUT2D eigenvalue weighted by Crippen LogP contribution is 2.08. The number of hydrogen-bond acceptors (Lipinski definition) is 5. The van der Waals surface area contributed by atoms with Gasteiger partial charge in [0.2, 0.25) is 5.88 Å². The Hall–Kier alpha value is -1.95. The van der Waals surface area contributed by atoms with Crippen molar-refractivity contribution in [1.82, 2.24) is 20.0 Å². The minimum absolute atomic E-state index is 0.590. The zero-order chi connectivity index (χ0) is 12.8. The predicted molar refractivity (Wildman–Crippen MR) is 67.3 cm³/mol. The molecule has 0 aliphatic heterocycles. The van der Waals surface area contributed by atoms with Crippen molar-refractivity contribution in [2.75, 3.05) is 13.7 Å². The van der Waals surface area contributed by atoms with Gasteiger partial charge in [-0.3, -0.25) is 0 Å². The Bertz CT molecular complexity index is 497. The second-order valence-electron chi connectivity index (χ2n) is 3.97. The molecule has 2 aromatic rings. The number of nitrogens with zero attached hydrogens (tertiary/aromatic N) is 4. The quantitative estimate of drug-likeness (QED) is 0.809. The third-order valence-electron chi connectivity index (χ3n) is 2.54. The van der Waals surface area contributed by atoms with E-state index < -0.39 is 0 Å². The fraction of sp³-hybridized carbons (Fsp3) is 0.417. The Morgan fingerprint density at radius 3 is 3.00 bits per heavy atom. The summed E-state index contributed by atoms with van der Waals surface area (Å²) in [4.78, 5) is 4.33. The highest BCUT2D eigenvalue weighted by Gasteiger charge is 2.03. The van der Waals surface area contributed by atoms with Crippen LogP contribution in [0.5, 0.6) is 5.88 Å². The second-order valence-corrected chi connectivity index (χ2v) is 3.97. The van der Waals surface area contributed by atoms with Gasteiger partial charge >= 0.3 is 0 Å². The second kappa shape index (κ2) is 6.11. The van der Waals surface area contributed by atoms with Gasteiger partial charge in [0.25, 0.3) is 0 Å². The minimum atomic E-state index is 0.590. The molecule has 0 spiro atoms. The summed E-state index contributed by atoms with van der Waals surface area (Å²) in [5, 5.41) is 8.16. The number of aromatic nitrogens is 4. The molecule has 18 heavy (non-hydrogen) atoms. The molecule has 2 heterocycles. The molecule has 0 fully saturated rings. The summed E-state index contributed by atoms with van der Waals surface area (Å²) in [7, 11) is 1.60. The molecule has 0 unspecified atom stereocenters. The lowest BCUT2D eigenvalue weighted by molar-refractivity contribution is 0.395. The van der Waals surface area contributed by atoms with Crippen LogP contribution in [0.4, 0.5) is 0 Å². The largest absolute Gasteiger partial charge is 0.481 e. The van der Waals surface area contributed by atoms with Gasteiger partial charge < -0.3 is 10.5 Å². The summed E-state index contributed by atoms with van der Waals surface area (Å²) >= 11 is 0. The molecule has 0 aliphatic carbocycles. The molecule has 2 rings (SSSR count). The van der Waals surface area contributed by atoms with Crippen LogP contribution in [0, 0.1) is 0 Å². The number of ether oxygens (including phenoxy) is 1. The summed E-state index contributed by atoms with van der Waals surface area (Å²) < 4.78 is 6.85. The van der Waals surface area contributed by atoms with E-state index in [-0.39, 0.29) is 0 Å². The molecule has 0 bridgehead atoms. The smallest absolute Gasteiger partial charge is 0.213 e. The molecule has 2 aromatic heterocycles. The summed E-state index contributed by atoms with van der Waals surface area (Å²) in [6.45, 7) is 1.26. The van der Waals surface area contributed by atoms with Crippen LogP contribution in [0.25, 0.3) is 0 Å². The number of hydrogen-bond donors (Lipinski definition) is 1. The van der Waals surface area contributed by atoms with Crippen LogP contribution >= 0.6 is 0 Å².